The van der Waals surface area contributed by atoms with Crippen LogP contribution in [0.2, 0.25) is 0 Å². The standard InChI is InChI=1S/C9H11O4P/c10-9(14(11)12)7-13-6-8-4-2-1-3-5-8/h1-5,9-10H,6-7H2. The fraction of sp³-hybridized carbons (Fsp3) is 0.333. The van der Waals surface area contributed by atoms with Gasteiger partial charge in [0, 0.05) is 0 Å². The second-order valence-corrected chi connectivity index (χ2v) is 3.93. The second-order valence-electron chi connectivity index (χ2n) is 2.77. The lowest BCUT2D eigenvalue weighted by Gasteiger charge is -2.04. The van der Waals surface area contributed by atoms with Crippen LogP contribution in [0.3, 0.4) is 0 Å². The Hall–Kier alpha value is -0.960. The Morgan fingerprint density at radius 2 is 1.93 bits per heavy atom. The number of ether oxygens (including phenoxy) is 1. The summed E-state index contributed by atoms with van der Waals surface area (Å²) in [6.07, 6.45) is 0. The van der Waals surface area contributed by atoms with Crippen LogP contribution in [0, 0.1) is 0 Å². The fourth-order valence-electron chi connectivity index (χ4n) is 0.917. The molecule has 0 heterocycles. The molecule has 76 valence electrons. The van der Waals surface area contributed by atoms with Crippen molar-refractivity contribution in [3.8, 4) is 0 Å². The number of aliphatic hydroxyl groups excluding tert-OH is 1. The molecule has 0 saturated heterocycles. The monoisotopic (exact) mass is 214 g/mol. The molecule has 0 amide bonds. The van der Waals surface area contributed by atoms with Crippen molar-refractivity contribution in [1.29, 1.82) is 0 Å². The van der Waals surface area contributed by atoms with E-state index in [9.17, 15) is 9.13 Å². The molecule has 14 heavy (non-hydrogen) atoms. The summed E-state index contributed by atoms with van der Waals surface area (Å²) in [6, 6.07) is 9.34. The highest BCUT2D eigenvalue weighted by Gasteiger charge is 2.09. The highest BCUT2D eigenvalue weighted by Crippen LogP contribution is 2.11. The third-order valence-corrected chi connectivity index (χ3v) is 2.26. The van der Waals surface area contributed by atoms with Crippen molar-refractivity contribution in [3.63, 3.8) is 0 Å². The van der Waals surface area contributed by atoms with Crippen molar-refractivity contribution in [2.45, 2.75) is 12.5 Å². The summed E-state index contributed by atoms with van der Waals surface area (Å²) >= 11 is 0. The average Bonchev–Trinajstić information content (AvgIpc) is 2.19. The lowest BCUT2D eigenvalue weighted by Crippen LogP contribution is -2.08. The summed E-state index contributed by atoms with van der Waals surface area (Å²) in [5.41, 5.74) is 0.945. The Kier molecular flexibility index (Phi) is 4.53. The smallest absolute Gasteiger partial charge is 0.347 e. The molecule has 0 aliphatic heterocycles. The van der Waals surface area contributed by atoms with Crippen molar-refractivity contribution < 1.29 is 19.0 Å². The third-order valence-electron chi connectivity index (χ3n) is 1.62. The predicted molar refractivity (Wildman–Crippen MR) is 50.4 cm³/mol. The zero-order chi connectivity index (χ0) is 10.4. The maximum atomic E-state index is 10.2. The van der Waals surface area contributed by atoms with E-state index in [-0.39, 0.29) is 6.61 Å². The number of aliphatic hydroxyl groups is 1. The van der Waals surface area contributed by atoms with Gasteiger partial charge in [0.2, 0.25) is 0 Å². The van der Waals surface area contributed by atoms with Gasteiger partial charge in [-0.15, -0.1) is 0 Å². The summed E-state index contributed by atoms with van der Waals surface area (Å²) in [7, 11) is -2.81. The van der Waals surface area contributed by atoms with Crippen LogP contribution < -0.4 is 0 Å². The SMILES string of the molecule is O=P(=O)C(O)COCc1ccccc1. The van der Waals surface area contributed by atoms with Gasteiger partial charge < -0.3 is 9.84 Å². The van der Waals surface area contributed by atoms with Gasteiger partial charge in [-0.1, -0.05) is 30.3 Å². The van der Waals surface area contributed by atoms with Gasteiger partial charge in [0.25, 0.3) is 0 Å². The normalized spacial score (nSPS) is 12.4. The topological polar surface area (TPSA) is 63.6 Å². The van der Waals surface area contributed by atoms with Gasteiger partial charge in [0.1, 0.15) is 0 Å². The molecule has 0 radical (unpaired) electrons. The van der Waals surface area contributed by atoms with Gasteiger partial charge in [0.05, 0.1) is 13.2 Å². The summed E-state index contributed by atoms with van der Waals surface area (Å²) in [4.78, 5) is 0. The summed E-state index contributed by atoms with van der Waals surface area (Å²) in [6.45, 7) is 0.120. The molecular formula is C9H11O4P. The fourth-order valence-corrected chi connectivity index (χ4v) is 1.14. The first-order valence-electron chi connectivity index (χ1n) is 4.13. The minimum Gasteiger partial charge on any atom is -0.376 e. The Bertz CT molecular complexity index is 326. The number of hydrogen-bond donors (Lipinski definition) is 1. The van der Waals surface area contributed by atoms with Crippen LogP contribution >= 0.6 is 7.68 Å². The van der Waals surface area contributed by atoms with E-state index in [2.05, 4.69) is 0 Å². The van der Waals surface area contributed by atoms with Crippen LogP contribution in [-0.4, -0.2) is 17.6 Å². The van der Waals surface area contributed by atoms with Gasteiger partial charge in [-0.3, -0.25) is 0 Å². The van der Waals surface area contributed by atoms with Gasteiger partial charge in [-0.05, 0) is 5.56 Å². The van der Waals surface area contributed by atoms with E-state index in [4.69, 9.17) is 9.84 Å². The van der Waals surface area contributed by atoms with Gasteiger partial charge >= 0.3 is 7.68 Å². The van der Waals surface area contributed by atoms with E-state index in [0.29, 0.717) is 6.61 Å². The van der Waals surface area contributed by atoms with Crippen molar-refractivity contribution in [2.75, 3.05) is 6.61 Å². The summed E-state index contributed by atoms with van der Waals surface area (Å²) < 4.78 is 25.5. The molecular weight excluding hydrogens is 203 g/mol. The first-order chi connectivity index (χ1) is 6.70. The lowest BCUT2D eigenvalue weighted by molar-refractivity contribution is 0.0626. The zero-order valence-electron chi connectivity index (χ0n) is 7.50. The highest BCUT2D eigenvalue weighted by molar-refractivity contribution is 7.31. The first kappa shape index (κ1) is 11.1. The highest BCUT2D eigenvalue weighted by atomic mass is 31.1. The van der Waals surface area contributed by atoms with Crippen LogP contribution in [0.15, 0.2) is 30.3 Å². The minimum absolute atomic E-state index is 0.187. The van der Waals surface area contributed by atoms with E-state index in [0.717, 1.165) is 5.56 Å². The van der Waals surface area contributed by atoms with Crippen LogP contribution in [0.25, 0.3) is 0 Å². The Morgan fingerprint density at radius 1 is 1.29 bits per heavy atom. The predicted octanol–water partition coefficient (Wildman–Crippen LogP) is 1.69. The Morgan fingerprint density at radius 3 is 2.50 bits per heavy atom. The molecule has 0 fully saturated rings. The van der Waals surface area contributed by atoms with E-state index < -0.39 is 13.5 Å². The van der Waals surface area contributed by atoms with Gasteiger partial charge in [-0.25, -0.2) is 9.13 Å². The molecule has 0 bridgehead atoms. The van der Waals surface area contributed by atoms with Crippen molar-refractivity contribution in [3.05, 3.63) is 35.9 Å². The van der Waals surface area contributed by atoms with Crippen LogP contribution in [0.4, 0.5) is 0 Å². The van der Waals surface area contributed by atoms with Crippen molar-refractivity contribution in [2.24, 2.45) is 0 Å². The maximum Gasteiger partial charge on any atom is 0.347 e. The molecule has 0 aromatic heterocycles. The van der Waals surface area contributed by atoms with E-state index in [1.165, 1.54) is 0 Å². The van der Waals surface area contributed by atoms with E-state index >= 15 is 0 Å². The third kappa shape index (κ3) is 3.83. The first-order valence-corrected chi connectivity index (χ1v) is 5.38. The molecule has 1 rings (SSSR count). The van der Waals surface area contributed by atoms with Crippen LogP contribution in [0.5, 0.6) is 0 Å². The minimum atomic E-state index is -2.81. The van der Waals surface area contributed by atoms with Gasteiger partial charge in [0.15, 0.2) is 5.85 Å². The molecule has 0 aliphatic carbocycles. The van der Waals surface area contributed by atoms with Crippen LogP contribution in [0.1, 0.15) is 5.56 Å². The zero-order valence-corrected chi connectivity index (χ0v) is 8.39. The summed E-state index contributed by atoms with van der Waals surface area (Å²) in [5, 5.41) is 8.88. The molecule has 1 atom stereocenters. The molecule has 1 unspecified atom stereocenters. The van der Waals surface area contributed by atoms with E-state index in [1.54, 1.807) is 0 Å². The average molecular weight is 214 g/mol. The number of hydrogen-bond acceptors (Lipinski definition) is 4. The molecule has 0 spiro atoms. The molecule has 0 aliphatic rings. The van der Waals surface area contributed by atoms with E-state index in [1.807, 2.05) is 30.3 Å². The molecule has 1 aromatic rings. The molecule has 5 heteroatoms. The maximum absolute atomic E-state index is 10.2. The quantitative estimate of drug-likeness (QED) is 0.757. The number of rotatable bonds is 5. The van der Waals surface area contributed by atoms with Crippen molar-refractivity contribution >= 4 is 7.68 Å². The van der Waals surface area contributed by atoms with Crippen molar-refractivity contribution in [1.82, 2.24) is 0 Å². The molecule has 4 nitrogen and oxygen atoms in total. The second kappa shape index (κ2) is 5.70. The molecule has 0 saturated carbocycles. The number of benzene rings is 1. The van der Waals surface area contributed by atoms with Crippen LogP contribution in [-0.2, 0) is 20.5 Å². The Balaban J connectivity index is 2.29. The lowest BCUT2D eigenvalue weighted by atomic mass is 10.2. The van der Waals surface area contributed by atoms with Gasteiger partial charge in [-0.2, -0.15) is 0 Å². The largest absolute Gasteiger partial charge is 0.376 e. The molecule has 1 N–H and O–H groups in total. The summed E-state index contributed by atoms with van der Waals surface area (Å²) in [5.74, 6) is -1.41. The Labute approximate surface area is 82.3 Å². The molecule has 1 aromatic carbocycles.